The number of methoxy groups -OCH3 is 2. The Balaban J connectivity index is 1.97. The summed E-state index contributed by atoms with van der Waals surface area (Å²) in [7, 11) is 3.17. The lowest BCUT2D eigenvalue weighted by molar-refractivity contribution is -0.141. The van der Waals surface area contributed by atoms with Gasteiger partial charge < -0.3 is 14.2 Å². The van der Waals surface area contributed by atoms with E-state index in [1.807, 2.05) is 36.4 Å². The lowest BCUT2D eigenvalue weighted by Gasteiger charge is -2.15. The van der Waals surface area contributed by atoms with Gasteiger partial charge in [0.05, 0.1) is 31.7 Å². The third-order valence-electron chi connectivity index (χ3n) is 4.58. The van der Waals surface area contributed by atoms with Gasteiger partial charge in [0.1, 0.15) is 5.82 Å². The van der Waals surface area contributed by atoms with Crippen LogP contribution in [-0.4, -0.2) is 36.3 Å². The maximum atomic E-state index is 13.1. The SMILES string of the molecule is COc1ccc(Cc2nc3ccccc3c(=O)n2CCCOC(C)=O)cc1OC. The van der Waals surface area contributed by atoms with Gasteiger partial charge in [-0.2, -0.15) is 0 Å². The van der Waals surface area contributed by atoms with Crippen LogP contribution in [0, 0.1) is 0 Å². The summed E-state index contributed by atoms with van der Waals surface area (Å²) in [4.78, 5) is 28.8. The zero-order valence-electron chi connectivity index (χ0n) is 16.8. The van der Waals surface area contributed by atoms with Crippen LogP contribution in [0.25, 0.3) is 10.9 Å². The quantitative estimate of drug-likeness (QED) is 0.430. The molecule has 0 spiro atoms. The van der Waals surface area contributed by atoms with Gasteiger partial charge in [0.2, 0.25) is 0 Å². The Kier molecular flexibility index (Phi) is 6.49. The number of ether oxygens (including phenoxy) is 3. The standard InChI is InChI=1S/C22H24N2O5/c1-15(25)29-12-6-11-24-21(23-18-8-5-4-7-17(18)22(24)26)14-16-9-10-19(27-2)20(13-16)28-3/h4-5,7-10,13H,6,11-12,14H2,1-3H3. The first-order chi connectivity index (χ1) is 14.0. The van der Waals surface area contributed by atoms with Crippen molar-refractivity contribution in [1.29, 1.82) is 0 Å². The Bertz CT molecular complexity index is 1070. The number of carbonyl (C=O) groups is 1. The Morgan fingerprint density at radius 1 is 1.07 bits per heavy atom. The van der Waals surface area contributed by atoms with Crippen LogP contribution < -0.4 is 15.0 Å². The fourth-order valence-electron chi connectivity index (χ4n) is 3.19. The molecule has 0 radical (unpaired) electrons. The fourth-order valence-corrected chi connectivity index (χ4v) is 3.19. The second-order valence-electron chi connectivity index (χ2n) is 6.56. The van der Waals surface area contributed by atoms with Crippen molar-refractivity contribution in [3.63, 3.8) is 0 Å². The van der Waals surface area contributed by atoms with E-state index in [-0.39, 0.29) is 18.1 Å². The van der Waals surface area contributed by atoms with E-state index in [1.54, 1.807) is 24.9 Å². The highest BCUT2D eigenvalue weighted by Crippen LogP contribution is 2.28. The molecule has 7 nitrogen and oxygen atoms in total. The van der Waals surface area contributed by atoms with Gasteiger partial charge >= 0.3 is 5.97 Å². The van der Waals surface area contributed by atoms with E-state index >= 15 is 0 Å². The summed E-state index contributed by atoms with van der Waals surface area (Å²) in [5, 5.41) is 0.566. The molecule has 3 rings (SSSR count). The summed E-state index contributed by atoms with van der Waals surface area (Å²) in [6.45, 7) is 2.03. The van der Waals surface area contributed by atoms with Gasteiger partial charge in [-0.25, -0.2) is 4.98 Å². The Morgan fingerprint density at radius 3 is 2.55 bits per heavy atom. The van der Waals surface area contributed by atoms with E-state index < -0.39 is 0 Å². The molecular weight excluding hydrogens is 372 g/mol. The number of para-hydroxylation sites is 1. The van der Waals surface area contributed by atoms with Crippen LogP contribution in [0.1, 0.15) is 24.7 Å². The molecule has 0 atom stereocenters. The second-order valence-corrected chi connectivity index (χ2v) is 6.56. The number of carbonyl (C=O) groups excluding carboxylic acids is 1. The molecule has 7 heteroatoms. The fraction of sp³-hybridized carbons (Fsp3) is 0.318. The van der Waals surface area contributed by atoms with Crippen LogP contribution in [0.4, 0.5) is 0 Å². The predicted molar refractivity (Wildman–Crippen MR) is 110 cm³/mol. The van der Waals surface area contributed by atoms with Crippen molar-refractivity contribution in [1.82, 2.24) is 9.55 Å². The van der Waals surface area contributed by atoms with Gasteiger partial charge in [-0.1, -0.05) is 18.2 Å². The molecule has 0 aliphatic heterocycles. The summed E-state index contributed by atoms with van der Waals surface area (Å²) >= 11 is 0. The molecule has 3 aromatic rings. The first-order valence-corrected chi connectivity index (χ1v) is 9.36. The highest BCUT2D eigenvalue weighted by molar-refractivity contribution is 5.77. The molecule has 0 saturated carbocycles. The zero-order chi connectivity index (χ0) is 20.8. The van der Waals surface area contributed by atoms with E-state index in [9.17, 15) is 9.59 Å². The minimum absolute atomic E-state index is 0.103. The molecule has 0 bridgehead atoms. The molecule has 0 unspecified atom stereocenters. The van der Waals surface area contributed by atoms with Gasteiger partial charge in [0.15, 0.2) is 11.5 Å². The van der Waals surface area contributed by atoms with Crippen molar-refractivity contribution in [2.24, 2.45) is 0 Å². The van der Waals surface area contributed by atoms with Gasteiger partial charge in [0.25, 0.3) is 5.56 Å². The van der Waals surface area contributed by atoms with E-state index in [1.165, 1.54) is 6.92 Å². The topological polar surface area (TPSA) is 79.6 Å². The highest BCUT2D eigenvalue weighted by atomic mass is 16.5. The van der Waals surface area contributed by atoms with Crippen molar-refractivity contribution < 1.29 is 19.0 Å². The summed E-state index contributed by atoms with van der Waals surface area (Å²) in [5.41, 5.74) is 1.50. The molecule has 1 aromatic heterocycles. The number of hydrogen-bond donors (Lipinski definition) is 0. The van der Waals surface area contributed by atoms with Crippen LogP contribution in [0.3, 0.4) is 0 Å². The first kappa shape index (κ1) is 20.4. The minimum atomic E-state index is -0.334. The van der Waals surface area contributed by atoms with Crippen molar-refractivity contribution in [2.75, 3.05) is 20.8 Å². The number of aromatic nitrogens is 2. The molecule has 0 aliphatic carbocycles. The molecule has 0 N–H and O–H groups in total. The van der Waals surface area contributed by atoms with Crippen molar-refractivity contribution in [3.05, 3.63) is 64.2 Å². The minimum Gasteiger partial charge on any atom is -0.493 e. The number of hydrogen-bond acceptors (Lipinski definition) is 6. The van der Waals surface area contributed by atoms with Crippen molar-refractivity contribution in [2.45, 2.75) is 26.3 Å². The van der Waals surface area contributed by atoms with E-state index in [4.69, 9.17) is 19.2 Å². The van der Waals surface area contributed by atoms with Crippen LogP contribution in [0.2, 0.25) is 0 Å². The van der Waals surface area contributed by atoms with Gasteiger partial charge in [-0.3, -0.25) is 14.2 Å². The summed E-state index contributed by atoms with van der Waals surface area (Å²) < 4.78 is 17.3. The van der Waals surface area contributed by atoms with Gasteiger partial charge in [-0.05, 0) is 36.2 Å². The van der Waals surface area contributed by atoms with Crippen LogP contribution in [0.5, 0.6) is 11.5 Å². The average molecular weight is 396 g/mol. The molecule has 0 fully saturated rings. The molecule has 0 amide bonds. The predicted octanol–water partition coefficient (Wildman–Crippen LogP) is 2.96. The molecule has 1 heterocycles. The number of fused-ring (bicyclic) bond motifs is 1. The first-order valence-electron chi connectivity index (χ1n) is 9.36. The molecule has 152 valence electrons. The van der Waals surface area contributed by atoms with Crippen LogP contribution in [0.15, 0.2) is 47.3 Å². The normalized spacial score (nSPS) is 10.7. The van der Waals surface area contributed by atoms with Crippen LogP contribution in [-0.2, 0) is 22.5 Å². The van der Waals surface area contributed by atoms with E-state index in [0.29, 0.717) is 47.6 Å². The summed E-state index contributed by atoms with van der Waals surface area (Å²) in [6, 6.07) is 12.9. The average Bonchev–Trinajstić information content (AvgIpc) is 2.72. The van der Waals surface area contributed by atoms with Crippen LogP contribution >= 0.6 is 0 Å². The van der Waals surface area contributed by atoms with Crippen molar-refractivity contribution in [3.8, 4) is 11.5 Å². The van der Waals surface area contributed by atoms with E-state index in [2.05, 4.69) is 0 Å². The van der Waals surface area contributed by atoms with Gasteiger partial charge in [0, 0.05) is 19.9 Å². The third kappa shape index (κ3) is 4.74. The number of rotatable bonds is 8. The lowest BCUT2D eigenvalue weighted by Crippen LogP contribution is -2.26. The number of nitrogens with zero attached hydrogens (tertiary/aromatic N) is 2. The Labute approximate surface area is 168 Å². The smallest absolute Gasteiger partial charge is 0.302 e. The van der Waals surface area contributed by atoms with Gasteiger partial charge in [-0.15, -0.1) is 0 Å². The maximum Gasteiger partial charge on any atom is 0.302 e. The van der Waals surface area contributed by atoms with Crippen molar-refractivity contribution >= 4 is 16.9 Å². The monoisotopic (exact) mass is 396 g/mol. The molecular formula is C22H24N2O5. The zero-order valence-corrected chi connectivity index (χ0v) is 16.8. The highest BCUT2D eigenvalue weighted by Gasteiger charge is 2.13. The lowest BCUT2D eigenvalue weighted by atomic mass is 10.1. The second kappa shape index (κ2) is 9.23. The Morgan fingerprint density at radius 2 is 1.83 bits per heavy atom. The molecule has 0 saturated heterocycles. The summed E-state index contributed by atoms with van der Waals surface area (Å²) in [5.74, 6) is 1.57. The molecule has 29 heavy (non-hydrogen) atoms. The van der Waals surface area contributed by atoms with E-state index in [0.717, 1.165) is 5.56 Å². The largest absolute Gasteiger partial charge is 0.493 e. The number of esters is 1. The molecule has 0 aliphatic rings. The summed E-state index contributed by atoms with van der Waals surface area (Å²) in [6.07, 6.45) is 0.979. The Hall–Kier alpha value is -3.35. The maximum absolute atomic E-state index is 13.1. The number of benzene rings is 2. The molecule has 2 aromatic carbocycles. The third-order valence-corrected chi connectivity index (χ3v) is 4.58.